The summed E-state index contributed by atoms with van der Waals surface area (Å²) in [4.78, 5) is 0.328. The third kappa shape index (κ3) is 3.14. The van der Waals surface area contributed by atoms with Gasteiger partial charge in [0.25, 0.3) is 0 Å². The van der Waals surface area contributed by atoms with Gasteiger partial charge >= 0.3 is 0 Å². The lowest BCUT2D eigenvalue weighted by atomic mass is 10.2. The Balaban J connectivity index is 2.25. The van der Waals surface area contributed by atoms with Crippen LogP contribution >= 0.6 is 0 Å². The number of rotatable bonds is 6. The van der Waals surface area contributed by atoms with Gasteiger partial charge in [-0.3, -0.25) is 0 Å². The largest absolute Gasteiger partial charge is 0.243 e. The number of hydrogen-bond donors (Lipinski definition) is 0. The van der Waals surface area contributed by atoms with Crippen molar-refractivity contribution in [2.45, 2.75) is 43.5 Å². The quantitative estimate of drug-likeness (QED) is 0.802. The lowest BCUT2D eigenvalue weighted by Crippen LogP contribution is -2.33. The highest BCUT2D eigenvalue weighted by Crippen LogP contribution is 2.32. The van der Waals surface area contributed by atoms with Crippen molar-refractivity contribution in [3.8, 4) is 6.07 Å². The van der Waals surface area contributed by atoms with Crippen LogP contribution in [0.4, 0.5) is 0 Å². The fourth-order valence-electron chi connectivity index (χ4n) is 2.09. The molecule has 0 aliphatic heterocycles. The van der Waals surface area contributed by atoms with E-state index in [0.717, 1.165) is 24.8 Å². The lowest BCUT2D eigenvalue weighted by Gasteiger charge is -2.21. The van der Waals surface area contributed by atoms with Crippen LogP contribution in [0.25, 0.3) is 0 Å². The Hall–Kier alpha value is -1.38. The fourth-order valence-corrected chi connectivity index (χ4v) is 3.86. The van der Waals surface area contributed by atoms with Crippen LogP contribution in [0, 0.1) is 11.3 Å². The van der Waals surface area contributed by atoms with E-state index in [1.807, 2.05) is 6.92 Å². The molecule has 1 aliphatic carbocycles. The molecule has 0 atom stereocenters. The average molecular weight is 278 g/mol. The summed E-state index contributed by atoms with van der Waals surface area (Å²) < 4.78 is 26.7. The van der Waals surface area contributed by atoms with Gasteiger partial charge in [-0.2, -0.15) is 9.57 Å². The van der Waals surface area contributed by atoms with E-state index < -0.39 is 10.0 Å². The Morgan fingerprint density at radius 2 is 1.95 bits per heavy atom. The lowest BCUT2D eigenvalue weighted by molar-refractivity contribution is 0.403. The van der Waals surface area contributed by atoms with Crippen molar-refractivity contribution in [3.63, 3.8) is 0 Å². The normalized spacial score (nSPS) is 15.4. The average Bonchev–Trinajstić information content (AvgIpc) is 3.21. The maximum atomic E-state index is 12.5. The number of nitriles is 1. The Morgan fingerprint density at radius 3 is 2.42 bits per heavy atom. The molecule has 0 saturated heterocycles. The molecule has 0 spiro atoms. The minimum atomic E-state index is -3.38. The van der Waals surface area contributed by atoms with Crippen molar-refractivity contribution >= 4 is 10.0 Å². The number of hydrogen-bond acceptors (Lipinski definition) is 3. The summed E-state index contributed by atoms with van der Waals surface area (Å²) in [6, 6.07) is 8.88. The van der Waals surface area contributed by atoms with Gasteiger partial charge in [-0.25, -0.2) is 8.42 Å². The minimum Gasteiger partial charge on any atom is -0.207 e. The van der Waals surface area contributed by atoms with Crippen molar-refractivity contribution in [1.29, 1.82) is 5.26 Å². The topological polar surface area (TPSA) is 61.2 Å². The second-order valence-corrected chi connectivity index (χ2v) is 6.72. The minimum absolute atomic E-state index is 0.184. The van der Waals surface area contributed by atoms with Crippen LogP contribution in [0.3, 0.4) is 0 Å². The summed E-state index contributed by atoms with van der Waals surface area (Å²) in [5.41, 5.74) is 0.843. The molecule has 0 heterocycles. The predicted octanol–water partition coefficient (Wildman–Crippen LogP) is 2.32. The Bertz CT molecular complexity index is 568. The van der Waals surface area contributed by atoms with Crippen molar-refractivity contribution in [2.75, 3.05) is 6.54 Å². The van der Waals surface area contributed by atoms with Crippen molar-refractivity contribution < 1.29 is 8.42 Å². The van der Waals surface area contributed by atoms with Gasteiger partial charge in [0.15, 0.2) is 0 Å². The first-order valence-corrected chi connectivity index (χ1v) is 8.01. The molecule has 1 aromatic rings. The summed E-state index contributed by atoms with van der Waals surface area (Å²) in [6.45, 7) is 2.56. The van der Waals surface area contributed by atoms with Gasteiger partial charge in [0.05, 0.1) is 17.4 Å². The van der Waals surface area contributed by atoms with Crippen LogP contribution in [-0.2, 0) is 16.4 Å². The van der Waals surface area contributed by atoms with E-state index in [1.54, 1.807) is 28.6 Å². The van der Waals surface area contributed by atoms with E-state index in [2.05, 4.69) is 6.07 Å². The number of benzene rings is 1. The Labute approximate surface area is 114 Å². The predicted molar refractivity (Wildman–Crippen MR) is 73.0 cm³/mol. The molecule has 1 fully saturated rings. The highest BCUT2D eigenvalue weighted by Gasteiger charge is 2.37. The van der Waals surface area contributed by atoms with Crippen molar-refractivity contribution in [2.24, 2.45) is 0 Å². The van der Waals surface area contributed by atoms with Gasteiger partial charge in [0.1, 0.15) is 0 Å². The van der Waals surface area contributed by atoms with E-state index in [0.29, 0.717) is 17.9 Å². The SMILES string of the molecule is CCCN(C1CC1)S(=O)(=O)c1ccc(CC#N)cc1. The first-order valence-electron chi connectivity index (χ1n) is 6.57. The zero-order valence-electron chi connectivity index (χ0n) is 11.0. The molecular formula is C14H18N2O2S. The zero-order valence-corrected chi connectivity index (χ0v) is 11.9. The maximum absolute atomic E-state index is 12.5. The Kier molecular flexibility index (Phi) is 4.23. The van der Waals surface area contributed by atoms with Crippen LogP contribution in [0.15, 0.2) is 29.2 Å². The highest BCUT2D eigenvalue weighted by atomic mass is 32.2. The molecule has 0 aromatic heterocycles. The second-order valence-electron chi connectivity index (χ2n) is 4.83. The summed E-state index contributed by atoms with van der Waals surface area (Å²) in [5.74, 6) is 0. The molecular weight excluding hydrogens is 260 g/mol. The van der Waals surface area contributed by atoms with Gasteiger partial charge < -0.3 is 0 Å². The standard InChI is InChI=1S/C14H18N2O2S/c1-2-11-16(13-5-6-13)19(17,18)14-7-3-12(4-8-14)9-10-15/h3-4,7-8,13H,2,5-6,9,11H2,1H3. The third-order valence-electron chi connectivity index (χ3n) is 3.21. The number of sulfonamides is 1. The summed E-state index contributed by atoms with van der Waals surface area (Å²) in [7, 11) is -3.38. The van der Waals surface area contributed by atoms with Gasteiger partial charge in [-0.1, -0.05) is 19.1 Å². The van der Waals surface area contributed by atoms with Crippen LogP contribution in [-0.4, -0.2) is 25.3 Å². The molecule has 2 rings (SSSR count). The van der Waals surface area contributed by atoms with Crippen molar-refractivity contribution in [3.05, 3.63) is 29.8 Å². The van der Waals surface area contributed by atoms with Crippen LogP contribution in [0.2, 0.25) is 0 Å². The zero-order chi connectivity index (χ0) is 13.9. The van der Waals surface area contributed by atoms with Crippen LogP contribution in [0.1, 0.15) is 31.7 Å². The summed E-state index contributed by atoms with van der Waals surface area (Å²) in [6.07, 6.45) is 3.06. The van der Waals surface area contributed by atoms with E-state index in [9.17, 15) is 8.42 Å². The molecule has 102 valence electrons. The molecule has 4 nitrogen and oxygen atoms in total. The monoisotopic (exact) mass is 278 g/mol. The van der Waals surface area contributed by atoms with E-state index >= 15 is 0 Å². The van der Waals surface area contributed by atoms with E-state index in [4.69, 9.17) is 5.26 Å². The highest BCUT2D eigenvalue weighted by molar-refractivity contribution is 7.89. The summed E-state index contributed by atoms with van der Waals surface area (Å²) in [5, 5.41) is 8.61. The summed E-state index contributed by atoms with van der Waals surface area (Å²) >= 11 is 0. The molecule has 1 aromatic carbocycles. The van der Waals surface area contributed by atoms with Crippen molar-refractivity contribution in [1.82, 2.24) is 4.31 Å². The molecule has 1 aliphatic rings. The molecule has 19 heavy (non-hydrogen) atoms. The Morgan fingerprint density at radius 1 is 1.32 bits per heavy atom. The van der Waals surface area contributed by atoms with Gasteiger partial charge in [-0.05, 0) is 37.0 Å². The first kappa shape index (κ1) is 14.0. The second kappa shape index (κ2) is 5.72. The third-order valence-corrected chi connectivity index (χ3v) is 5.18. The molecule has 0 bridgehead atoms. The van der Waals surface area contributed by atoms with Crippen LogP contribution in [0.5, 0.6) is 0 Å². The first-order chi connectivity index (χ1) is 9.09. The van der Waals surface area contributed by atoms with E-state index in [1.165, 1.54) is 0 Å². The van der Waals surface area contributed by atoms with Gasteiger partial charge in [-0.15, -0.1) is 0 Å². The molecule has 0 N–H and O–H groups in total. The molecule has 0 unspecified atom stereocenters. The molecule has 1 saturated carbocycles. The van der Waals surface area contributed by atoms with Crippen LogP contribution < -0.4 is 0 Å². The molecule has 5 heteroatoms. The van der Waals surface area contributed by atoms with E-state index in [-0.39, 0.29) is 6.04 Å². The van der Waals surface area contributed by atoms with Gasteiger partial charge in [0.2, 0.25) is 10.0 Å². The molecule has 0 radical (unpaired) electrons. The molecule has 0 amide bonds. The number of nitrogens with zero attached hydrogens (tertiary/aromatic N) is 2. The van der Waals surface area contributed by atoms with Gasteiger partial charge in [0, 0.05) is 12.6 Å². The fraction of sp³-hybridized carbons (Fsp3) is 0.500. The maximum Gasteiger partial charge on any atom is 0.243 e. The smallest absolute Gasteiger partial charge is 0.207 e.